The van der Waals surface area contributed by atoms with Crippen molar-refractivity contribution in [2.24, 2.45) is 7.05 Å². The van der Waals surface area contributed by atoms with Gasteiger partial charge in [0.25, 0.3) is 11.6 Å². The van der Waals surface area contributed by atoms with Crippen LogP contribution in [0, 0.1) is 17.0 Å². The molecule has 0 radical (unpaired) electrons. The maximum absolute atomic E-state index is 13.1. The zero-order valence-corrected chi connectivity index (χ0v) is 16.2. The van der Waals surface area contributed by atoms with Gasteiger partial charge in [0.1, 0.15) is 5.75 Å². The summed E-state index contributed by atoms with van der Waals surface area (Å²) < 4.78 is 1.72. The maximum Gasteiger partial charge on any atom is 0.273 e. The van der Waals surface area contributed by atoms with E-state index in [1.807, 2.05) is 26.1 Å². The number of nitro groups is 1. The highest BCUT2D eigenvalue weighted by Gasteiger charge is 2.18. The number of nitrogens with zero attached hydrogens (tertiary/aromatic N) is 4. The van der Waals surface area contributed by atoms with E-state index in [0.29, 0.717) is 22.2 Å². The summed E-state index contributed by atoms with van der Waals surface area (Å²) >= 11 is 0. The summed E-state index contributed by atoms with van der Waals surface area (Å²) in [7, 11) is 1.82. The van der Waals surface area contributed by atoms with Crippen LogP contribution in [0.2, 0.25) is 0 Å². The van der Waals surface area contributed by atoms with Gasteiger partial charge in [0.15, 0.2) is 0 Å². The first kappa shape index (κ1) is 19.1. The van der Waals surface area contributed by atoms with E-state index < -0.39 is 10.8 Å². The third-order valence-corrected chi connectivity index (χ3v) is 4.91. The van der Waals surface area contributed by atoms with Crippen molar-refractivity contribution in [3.05, 3.63) is 76.1 Å². The number of nitro benzene ring substituents is 1. The number of anilines is 1. The summed E-state index contributed by atoms with van der Waals surface area (Å²) in [6, 6.07) is 12.4. The molecule has 2 aromatic heterocycles. The quantitative estimate of drug-likeness (QED) is 0.303. The zero-order valence-electron chi connectivity index (χ0n) is 16.2. The number of benzene rings is 2. The normalized spacial score (nSPS) is 10.9. The van der Waals surface area contributed by atoms with Crippen LogP contribution < -0.4 is 5.32 Å². The Kier molecular flexibility index (Phi) is 4.63. The molecule has 2 heterocycles. The van der Waals surface area contributed by atoms with Crippen LogP contribution in [0.5, 0.6) is 5.75 Å². The lowest BCUT2D eigenvalue weighted by molar-refractivity contribution is -0.384. The van der Waals surface area contributed by atoms with Gasteiger partial charge in [-0.3, -0.25) is 19.6 Å². The number of carbonyl (C=O) groups is 1. The Balaban J connectivity index is 1.79. The van der Waals surface area contributed by atoms with Crippen molar-refractivity contribution < 1.29 is 14.8 Å². The number of phenols is 1. The number of aromatic nitrogens is 3. The molecule has 1 amide bonds. The summed E-state index contributed by atoms with van der Waals surface area (Å²) in [5, 5.41) is 28.4. The number of phenolic OH excluding ortho intramolecular Hbond substituents is 1. The molecule has 0 spiro atoms. The molecule has 0 aliphatic carbocycles. The van der Waals surface area contributed by atoms with Gasteiger partial charge < -0.3 is 10.4 Å². The molecule has 0 saturated heterocycles. The van der Waals surface area contributed by atoms with Crippen molar-refractivity contribution in [2.45, 2.75) is 6.92 Å². The number of hydrogen-bond donors (Lipinski definition) is 2. The smallest absolute Gasteiger partial charge is 0.273 e. The molecule has 0 aliphatic heterocycles. The highest BCUT2D eigenvalue weighted by atomic mass is 16.6. The minimum atomic E-state index is -0.621. The van der Waals surface area contributed by atoms with Gasteiger partial charge >= 0.3 is 0 Å². The Labute approximate surface area is 170 Å². The Bertz CT molecular complexity index is 1310. The third-order valence-electron chi connectivity index (χ3n) is 4.91. The molecule has 0 saturated carbocycles. The van der Waals surface area contributed by atoms with E-state index in [-0.39, 0.29) is 17.1 Å². The van der Waals surface area contributed by atoms with Crippen LogP contribution in [-0.2, 0) is 7.05 Å². The number of non-ortho nitro benzene ring substituents is 1. The van der Waals surface area contributed by atoms with Crippen LogP contribution in [0.25, 0.3) is 22.2 Å². The largest absolute Gasteiger partial charge is 0.506 e. The molecule has 0 aliphatic rings. The summed E-state index contributed by atoms with van der Waals surface area (Å²) in [6.07, 6.45) is 1.69. The topological polar surface area (TPSA) is 123 Å². The van der Waals surface area contributed by atoms with E-state index >= 15 is 0 Å². The van der Waals surface area contributed by atoms with Crippen LogP contribution >= 0.6 is 0 Å². The number of nitrogens with one attached hydrogen (secondary N) is 1. The second-order valence-corrected chi connectivity index (χ2v) is 6.75. The van der Waals surface area contributed by atoms with Gasteiger partial charge in [-0.1, -0.05) is 18.2 Å². The van der Waals surface area contributed by atoms with Crippen LogP contribution in [0.15, 0.2) is 54.7 Å². The van der Waals surface area contributed by atoms with E-state index in [4.69, 9.17) is 0 Å². The van der Waals surface area contributed by atoms with Crippen molar-refractivity contribution >= 4 is 28.2 Å². The first-order chi connectivity index (χ1) is 14.3. The average Bonchev–Trinajstić information content (AvgIpc) is 3.07. The van der Waals surface area contributed by atoms with Gasteiger partial charge in [-0.25, -0.2) is 4.98 Å². The monoisotopic (exact) mass is 403 g/mol. The predicted octanol–water partition coefficient (Wildman–Crippen LogP) is 3.81. The van der Waals surface area contributed by atoms with Crippen molar-refractivity contribution in [1.82, 2.24) is 14.8 Å². The van der Waals surface area contributed by atoms with Gasteiger partial charge in [0.05, 0.1) is 39.6 Å². The number of amides is 1. The summed E-state index contributed by atoms with van der Waals surface area (Å²) in [4.78, 5) is 28.0. The first-order valence-electron chi connectivity index (χ1n) is 9.02. The van der Waals surface area contributed by atoms with E-state index in [9.17, 15) is 20.0 Å². The van der Waals surface area contributed by atoms with Crippen LogP contribution in [-0.4, -0.2) is 30.7 Å². The van der Waals surface area contributed by atoms with Crippen molar-refractivity contribution in [3.8, 4) is 17.0 Å². The molecule has 9 nitrogen and oxygen atoms in total. The molecule has 0 bridgehead atoms. The Morgan fingerprint density at radius 2 is 1.97 bits per heavy atom. The number of rotatable bonds is 4. The van der Waals surface area contributed by atoms with Gasteiger partial charge in [0, 0.05) is 29.8 Å². The van der Waals surface area contributed by atoms with Gasteiger partial charge in [-0.2, -0.15) is 5.10 Å². The molecule has 4 rings (SSSR count). The lowest BCUT2D eigenvalue weighted by Gasteiger charge is -2.11. The van der Waals surface area contributed by atoms with Crippen LogP contribution in [0.1, 0.15) is 16.1 Å². The molecule has 2 N–H and O–H groups in total. The molecule has 0 unspecified atom stereocenters. The summed E-state index contributed by atoms with van der Waals surface area (Å²) in [5.74, 6) is -0.861. The molecular formula is C21H17N5O4. The van der Waals surface area contributed by atoms with Gasteiger partial charge in [0.2, 0.25) is 0 Å². The van der Waals surface area contributed by atoms with E-state index in [0.717, 1.165) is 17.3 Å². The Hall–Kier alpha value is -4.27. The SMILES string of the molecule is Cc1c(-c2cc(C(=O)Nc3ccc([N+](=O)[O-])cc3O)c3ccccc3n2)cnn1C. The highest BCUT2D eigenvalue weighted by Crippen LogP contribution is 2.30. The number of fused-ring (bicyclic) bond motifs is 1. The first-order valence-corrected chi connectivity index (χ1v) is 9.02. The molecule has 2 aromatic carbocycles. The van der Waals surface area contributed by atoms with Crippen molar-refractivity contribution in [1.29, 1.82) is 0 Å². The molecular weight excluding hydrogens is 386 g/mol. The second-order valence-electron chi connectivity index (χ2n) is 6.75. The van der Waals surface area contributed by atoms with E-state index in [1.165, 1.54) is 12.1 Å². The fourth-order valence-corrected chi connectivity index (χ4v) is 3.18. The average molecular weight is 403 g/mol. The van der Waals surface area contributed by atoms with E-state index in [1.54, 1.807) is 29.1 Å². The highest BCUT2D eigenvalue weighted by molar-refractivity contribution is 6.13. The molecule has 150 valence electrons. The second kappa shape index (κ2) is 7.28. The van der Waals surface area contributed by atoms with Gasteiger partial charge in [-0.15, -0.1) is 0 Å². The standard InChI is InChI=1S/C21H17N5O4/c1-12-16(11-22-25(12)2)19-10-15(14-5-3-4-6-17(14)23-19)21(28)24-18-8-7-13(26(29)30)9-20(18)27/h3-11,27H,1-2H3,(H,24,28). The maximum atomic E-state index is 13.1. The Morgan fingerprint density at radius 1 is 1.20 bits per heavy atom. The lowest BCUT2D eigenvalue weighted by Crippen LogP contribution is -2.13. The number of hydrogen-bond acceptors (Lipinski definition) is 6. The fraction of sp³-hybridized carbons (Fsp3) is 0.0952. The molecule has 30 heavy (non-hydrogen) atoms. The lowest BCUT2D eigenvalue weighted by atomic mass is 10.0. The fourth-order valence-electron chi connectivity index (χ4n) is 3.18. The van der Waals surface area contributed by atoms with Crippen molar-refractivity contribution in [2.75, 3.05) is 5.32 Å². The van der Waals surface area contributed by atoms with Crippen LogP contribution in [0.3, 0.4) is 0 Å². The van der Waals surface area contributed by atoms with Gasteiger partial charge in [-0.05, 0) is 25.1 Å². The van der Waals surface area contributed by atoms with E-state index in [2.05, 4.69) is 15.4 Å². The molecule has 0 fully saturated rings. The molecule has 4 aromatic rings. The predicted molar refractivity (Wildman–Crippen MR) is 111 cm³/mol. The third kappa shape index (κ3) is 3.32. The number of pyridine rings is 1. The minimum absolute atomic E-state index is 0.0746. The number of para-hydroxylation sites is 1. The molecule has 9 heteroatoms. The number of aromatic hydroxyl groups is 1. The summed E-state index contributed by atoms with van der Waals surface area (Å²) in [6.45, 7) is 1.91. The Morgan fingerprint density at radius 3 is 2.63 bits per heavy atom. The zero-order chi connectivity index (χ0) is 21.4. The number of carbonyl (C=O) groups excluding carboxylic acids is 1. The summed E-state index contributed by atoms with van der Waals surface area (Å²) in [5.41, 5.74) is 3.10. The minimum Gasteiger partial charge on any atom is -0.506 e. The number of aryl methyl sites for hydroxylation is 1. The van der Waals surface area contributed by atoms with Crippen molar-refractivity contribution in [3.63, 3.8) is 0 Å². The van der Waals surface area contributed by atoms with Crippen LogP contribution in [0.4, 0.5) is 11.4 Å². The molecule has 0 atom stereocenters.